The molecule has 3 nitrogen and oxygen atoms in total. The Balaban J connectivity index is 0.00000132. The number of nitrogens with two attached hydrogens (primary N) is 1. The maximum absolute atomic E-state index is 14.9. The lowest BCUT2D eigenvalue weighted by molar-refractivity contribution is -0.122. The Morgan fingerprint density at radius 2 is 1.71 bits per heavy atom. The van der Waals surface area contributed by atoms with Gasteiger partial charge in [0.1, 0.15) is 11.6 Å². The lowest BCUT2D eigenvalue weighted by Crippen LogP contribution is -2.35. The highest BCUT2D eigenvalue weighted by atomic mass is 32.1. The van der Waals surface area contributed by atoms with Crippen LogP contribution < -0.4 is 10.5 Å². The van der Waals surface area contributed by atoms with Crippen LogP contribution in [0.15, 0.2) is 36.4 Å². The Kier molecular flexibility index (Phi) is 7.68. The molecule has 0 saturated heterocycles. The molecule has 0 radical (unpaired) electrons. The number of hydrogen-bond donors (Lipinski definition) is 2. The Labute approximate surface area is 191 Å². The van der Waals surface area contributed by atoms with Crippen LogP contribution in [0.5, 0.6) is 5.75 Å². The molecule has 0 unspecified atom stereocenters. The van der Waals surface area contributed by atoms with E-state index in [0.29, 0.717) is 0 Å². The number of halogens is 1. The first-order chi connectivity index (χ1) is 14.9. The van der Waals surface area contributed by atoms with Gasteiger partial charge in [0.2, 0.25) is 5.91 Å². The van der Waals surface area contributed by atoms with Gasteiger partial charge in [-0.1, -0.05) is 24.6 Å². The van der Waals surface area contributed by atoms with Crippen molar-refractivity contribution < 1.29 is 13.9 Å². The van der Waals surface area contributed by atoms with Gasteiger partial charge in [-0.05, 0) is 99.4 Å². The summed E-state index contributed by atoms with van der Waals surface area (Å²) in [4.78, 5) is 12.0. The topological polar surface area (TPSA) is 52.3 Å². The van der Waals surface area contributed by atoms with Gasteiger partial charge >= 0.3 is 0 Å². The first-order valence-electron chi connectivity index (χ1n) is 11.2. The van der Waals surface area contributed by atoms with E-state index in [-0.39, 0.29) is 23.7 Å². The molecular weight excluding hydrogens is 409 g/mol. The van der Waals surface area contributed by atoms with Crippen LogP contribution in [0.25, 0.3) is 11.1 Å². The molecule has 31 heavy (non-hydrogen) atoms. The molecule has 0 bridgehead atoms. The Hall–Kier alpha value is -2.01. The van der Waals surface area contributed by atoms with E-state index in [0.717, 1.165) is 60.1 Å². The first-order valence-corrected chi connectivity index (χ1v) is 12.1. The molecule has 1 amide bonds. The second kappa shape index (κ2) is 10.1. The molecule has 0 spiro atoms. The van der Waals surface area contributed by atoms with Gasteiger partial charge in [-0.15, -0.1) is 0 Å². The van der Waals surface area contributed by atoms with Crippen molar-refractivity contribution in [3.8, 4) is 16.9 Å². The molecule has 0 atom stereocenters. The van der Waals surface area contributed by atoms with Gasteiger partial charge in [0, 0.05) is 5.56 Å². The fraction of sp³-hybridized carbons (Fsp3) is 0.500. The van der Waals surface area contributed by atoms with Crippen LogP contribution in [0.1, 0.15) is 75.8 Å². The number of ether oxygens (including phenoxy) is 1. The van der Waals surface area contributed by atoms with Crippen molar-refractivity contribution in [3.63, 3.8) is 0 Å². The lowest BCUT2D eigenvalue weighted by Gasteiger charge is -2.30. The molecule has 2 aromatic carbocycles. The van der Waals surface area contributed by atoms with Crippen LogP contribution in [0.2, 0.25) is 0 Å². The van der Waals surface area contributed by atoms with E-state index in [1.54, 1.807) is 18.4 Å². The van der Waals surface area contributed by atoms with Crippen molar-refractivity contribution >= 4 is 18.5 Å². The highest BCUT2D eigenvalue weighted by molar-refractivity contribution is 7.79. The summed E-state index contributed by atoms with van der Waals surface area (Å²) in [6.45, 7) is 3.65. The van der Waals surface area contributed by atoms with Crippen molar-refractivity contribution in [2.75, 3.05) is 6.26 Å². The molecular formula is C26H34FNO2S. The molecule has 0 heterocycles. The minimum Gasteiger partial charge on any atom is -0.490 e. The number of hydrogen-bond acceptors (Lipinski definition) is 3. The number of primary amides is 1. The zero-order valence-electron chi connectivity index (χ0n) is 18.8. The van der Waals surface area contributed by atoms with Crippen molar-refractivity contribution in [2.24, 2.45) is 5.73 Å². The summed E-state index contributed by atoms with van der Waals surface area (Å²) >= 11 is 3.53. The molecule has 2 N–H and O–H groups in total. The zero-order chi connectivity index (χ0) is 22.6. The highest BCUT2D eigenvalue weighted by Gasteiger charge is 2.31. The van der Waals surface area contributed by atoms with Gasteiger partial charge in [-0.25, -0.2) is 4.39 Å². The van der Waals surface area contributed by atoms with Crippen LogP contribution >= 0.6 is 12.6 Å². The molecule has 2 aliphatic rings. The molecule has 0 aliphatic heterocycles. The van der Waals surface area contributed by atoms with Gasteiger partial charge in [0.05, 0.1) is 11.5 Å². The average molecular weight is 444 g/mol. The molecule has 5 heteroatoms. The summed E-state index contributed by atoms with van der Waals surface area (Å²) in [6, 6.07) is 11.1. The Morgan fingerprint density at radius 3 is 2.29 bits per heavy atom. The third-order valence-corrected chi connectivity index (χ3v) is 6.77. The first kappa shape index (κ1) is 23.6. The molecule has 2 fully saturated rings. The SMILES string of the molecule is CC(C)(C(N)=O)c1ccc(OC2CCCC2)c(-c2cccc(F)c2C2CCC2)c1.CS. The fourth-order valence-corrected chi connectivity index (χ4v) is 4.44. The van der Waals surface area contributed by atoms with Gasteiger partial charge in [0.15, 0.2) is 0 Å². The van der Waals surface area contributed by atoms with E-state index in [9.17, 15) is 9.18 Å². The van der Waals surface area contributed by atoms with Gasteiger partial charge in [0.25, 0.3) is 0 Å². The number of benzene rings is 2. The van der Waals surface area contributed by atoms with Crippen molar-refractivity contribution in [1.82, 2.24) is 0 Å². The van der Waals surface area contributed by atoms with E-state index in [4.69, 9.17) is 10.5 Å². The molecule has 4 rings (SSSR count). The van der Waals surface area contributed by atoms with E-state index >= 15 is 0 Å². The predicted molar refractivity (Wildman–Crippen MR) is 128 cm³/mol. The van der Waals surface area contributed by atoms with Gasteiger partial charge in [-0.2, -0.15) is 12.6 Å². The van der Waals surface area contributed by atoms with Crippen LogP contribution in [0.4, 0.5) is 4.39 Å². The number of rotatable bonds is 6. The van der Waals surface area contributed by atoms with Gasteiger partial charge < -0.3 is 10.5 Å². The molecule has 2 aromatic rings. The third-order valence-electron chi connectivity index (χ3n) is 6.77. The summed E-state index contributed by atoms with van der Waals surface area (Å²) in [5.74, 6) is 0.482. The fourth-order valence-electron chi connectivity index (χ4n) is 4.44. The van der Waals surface area contributed by atoms with Crippen molar-refractivity contribution in [1.29, 1.82) is 0 Å². The van der Waals surface area contributed by atoms with Crippen molar-refractivity contribution in [2.45, 2.75) is 76.2 Å². The predicted octanol–water partition coefficient (Wildman–Crippen LogP) is 6.39. The van der Waals surface area contributed by atoms with E-state index in [1.165, 1.54) is 12.8 Å². The molecule has 2 aliphatic carbocycles. The van der Waals surface area contributed by atoms with E-state index < -0.39 is 5.41 Å². The van der Waals surface area contributed by atoms with Crippen LogP contribution in [-0.4, -0.2) is 18.3 Å². The zero-order valence-corrected chi connectivity index (χ0v) is 19.7. The summed E-state index contributed by atoms with van der Waals surface area (Å²) in [7, 11) is 0. The minimum absolute atomic E-state index is 0.154. The number of amides is 1. The van der Waals surface area contributed by atoms with E-state index in [1.807, 2.05) is 38.1 Å². The smallest absolute Gasteiger partial charge is 0.227 e. The van der Waals surface area contributed by atoms with Crippen LogP contribution in [0.3, 0.4) is 0 Å². The summed E-state index contributed by atoms with van der Waals surface area (Å²) in [5, 5.41) is 0. The average Bonchev–Trinajstić information content (AvgIpc) is 3.23. The molecule has 0 aromatic heterocycles. The van der Waals surface area contributed by atoms with Gasteiger partial charge in [-0.3, -0.25) is 4.79 Å². The monoisotopic (exact) mass is 443 g/mol. The normalized spacial score (nSPS) is 16.9. The quantitative estimate of drug-likeness (QED) is 0.508. The van der Waals surface area contributed by atoms with E-state index in [2.05, 4.69) is 12.6 Å². The molecule has 168 valence electrons. The largest absolute Gasteiger partial charge is 0.490 e. The number of carbonyl (C=O) groups is 1. The number of thiol groups is 1. The highest BCUT2D eigenvalue weighted by Crippen LogP contribution is 2.45. The standard InChI is InChI=1S/C25H30FNO2.CH4S/c1-25(2,24(27)28)17-13-14-22(29-18-9-3-4-10-18)20(15-17)19-11-6-12-21(26)23(19)16-7-5-8-16;1-2/h6,11-16,18H,3-5,7-10H2,1-2H3,(H2,27,28);2H,1H3. The maximum Gasteiger partial charge on any atom is 0.227 e. The second-order valence-electron chi connectivity index (χ2n) is 9.05. The minimum atomic E-state index is -0.815. The summed E-state index contributed by atoms with van der Waals surface area (Å²) in [5.41, 5.74) is 8.20. The number of carbonyl (C=O) groups excluding carboxylic acids is 1. The summed E-state index contributed by atoms with van der Waals surface area (Å²) < 4.78 is 21.3. The summed E-state index contributed by atoms with van der Waals surface area (Å²) in [6.07, 6.45) is 9.51. The van der Waals surface area contributed by atoms with Crippen LogP contribution in [-0.2, 0) is 10.2 Å². The Bertz CT molecular complexity index is 918. The Morgan fingerprint density at radius 1 is 1.03 bits per heavy atom. The second-order valence-corrected chi connectivity index (χ2v) is 9.05. The third kappa shape index (κ3) is 4.92. The van der Waals surface area contributed by atoms with Crippen LogP contribution in [0, 0.1) is 5.82 Å². The lowest BCUT2D eigenvalue weighted by atomic mass is 9.76. The van der Waals surface area contributed by atoms with Crippen molar-refractivity contribution in [3.05, 3.63) is 53.3 Å². The maximum atomic E-state index is 14.9. The molecule has 2 saturated carbocycles.